The zero-order chi connectivity index (χ0) is 6.32. The summed E-state index contributed by atoms with van der Waals surface area (Å²) in [6.45, 7) is 2.22. The van der Waals surface area contributed by atoms with Gasteiger partial charge in [0.25, 0.3) is 0 Å². The van der Waals surface area contributed by atoms with Crippen molar-refractivity contribution >= 4 is 0 Å². The Morgan fingerprint density at radius 3 is 2.44 bits per heavy atom. The number of hydrogen-bond donors (Lipinski definition) is 2. The van der Waals surface area contributed by atoms with Gasteiger partial charge in [-0.25, -0.2) is 0 Å². The molecule has 1 atom stereocenters. The molecule has 2 aliphatic rings. The van der Waals surface area contributed by atoms with E-state index in [0.29, 0.717) is 11.5 Å². The van der Waals surface area contributed by atoms with Crippen LogP contribution in [0.4, 0.5) is 0 Å². The van der Waals surface area contributed by atoms with Gasteiger partial charge in [0.15, 0.2) is 0 Å². The molecule has 1 spiro atoms. The molecule has 0 amide bonds. The van der Waals surface area contributed by atoms with Gasteiger partial charge in [-0.3, -0.25) is 0 Å². The highest BCUT2D eigenvalue weighted by atomic mass is 15.0. The van der Waals surface area contributed by atoms with E-state index in [9.17, 15) is 0 Å². The lowest BCUT2D eigenvalue weighted by Crippen LogP contribution is -2.45. The van der Waals surface area contributed by atoms with Crippen LogP contribution in [0.5, 0.6) is 0 Å². The molecule has 1 aliphatic carbocycles. The summed E-state index contributed by atoms with van der Waals surface area (Å²) in [7, 11) is 0. The topological polar surface area (TPSA) is 38.0 Å². The van der Waals surface area contributed by atoms with Crippen molar-refractivity contribution in [3.8, 4) is 0 Å². The summed E-state index contributed by atoms with van der Waals surface area (Å²) in [6, 6.07) is 0.450. The van der Waals surface area contributed by atoms with E-state index in [0.717, 1.165) is 6.54 Å². The zero-order valence-corrected chi connectivity index (χ0v) is 5.69. The third-order valence-electron chi connectivity index (χ3n) is 2.98. The van der Waals surface area contributed by atoms with Crippen LogP contribution >= 0.6 is 0 Å². The lowest BCUT2D eigenvalue weighted by atomic mass is 9.66. The highest BCUT2D eigenvalue weighted by Crippen LogP contribution is 2.44. The predicted octanol–water partition coefficient (Wildman–Crippen LogP) is 0.0872. The van der Waals surface area contributed by atoms with E-state index in [1.54, 1.807) is 0 Å². The molecule has 1 aliphatic heterocycles. The highest BCUT2D eigenvalue weighted by Gasteiger charge is 2.45. The monoisotopic (exact) mass is 126 g/mol. The average Bonchev–Trinajstić information content (AvgIpc) is 2.07. The van der Waals surface area contributed by atoms with Crippen LogP contribution in [-0.4, -0.2) is 19.1 Å². The highest BCUT2D eigenvalue weighted by molar-refractivity contribution is 5.02. The van der Waals surface area contributed by atoms with Crippen molar-refractivity contribution in [2.45, 2.75) is 25.3 Å². The van der Waals surface area contributed by atoms with E-state index >= 15 is 0 Å². The second-order valence-electron chi connectivity index (χ2n) is 3.45. The predicted molar refractivity (Wildman–Crippen MR) is 37.1 cm³/mol. The van der Waals surface area contributed by atoms with Gasteiger partial charge in [0.1, 0.15) is 0 Å². The minimum absolute atomic E-state index is 0.450. The quantitative estimate of drug-likeness (QED) is 0.482. The molecule has 2 rings (SSSR count). The molecule has 52 valence electrons. The van der Waals surface area contributed by atoms with Crippen LogP contribution < -0.4 is 11.1 Å². The Morgan fingerprint density at radius 2 is 2.22 bits per heavy atom. The second-order valence-corrected chi connectivity index (χ2v) is 3.45. The maximum absolute atomic E-state index is 5.91. The normalized spacial score (nSPS) is 39.0. The van der Waals surface area contributed by atoms with E-state index in [1.165, 1.54) is 25.8 Å². The van der Waals surface area contributed by atoms with E-state index in [2.05, 4.69) is 5.32 Å². The average molecular weight is 126 g/mol. The molecule has 2 nitrogen and oxygen atoms in total. The first-order valence-corrected chi connectivity index (χ1v) is 3.80. The van der Waals surface area contributed by atoms with E-state index < -0.39 is 0 Å². The van der Waals surface area contributed by atoms with Crippen LogP contribution in [0, 0.1) is 5.41 Å². The molecule has 1 saturated heterocycles. The van der Waals surface area contributed by atoms with Crippen molar-refractivity contribution < 1.29 is 0 Å². The molecule has 0 radical (unpaired) electrons. The van der Waals surface area contributed by atoms with Crippen LogP contribution in [-0.2, 0) is 0 Å². The number of hydrogen-bond acceptors (Lipinski definition) is 2. The molecule has 9 heavy (non-hydrogen) atoms. The van der Waals surface area contributed by atoms with E-state index in [1.807, 2.05) is 0 Å². The van der Waals surface area contributed by atoms with Gasteiger partial charge in [-0.05, 0) is 18.3 Å². The van der Waals surface area contributed by atoms with Gasteiger partial charge in [0.05, 0.1) is 0 Å². The van der Waals surface area contributed by atoms with Gasteiger partial charge in [-0.15, -0.1) is 0 Å². The van der Waals surface area contributed by atoms with Gasteiger partial charge in [0.2, 0.25) is 0 Å². The lowest BCUT2D eigenvalue weighted by molar-refractivity contribution is 0.139. The second kappa shape index (κ2) is 1.70. The summed E-state index contributed by atoms with van der Waals surface area (Å²) in [4.78, 5) is 0. The van der Waals surface area contributed by atoms with Gasteiger partial charge in [-0.2, -0.15) is 0 Å². The van der Waals surface area contributed by atoms with Crippen molar-refractivity contribution in [2.75, 3.05) is 13.1 Å². The molecule has 2 heteroatoms. The van der Waals surface area contributed by atoms with Crippen molar-refractivity contribution in [1.29, 1.82) is 0 Å². The van der Waals surface area contributed by atoms with Crippen molar-refractivity contribution in [3.63, 3.8) is 0 Å². The summed E-state index contributed by atoms with van der Waals surface area (Å²) in [5.74, 6) is 0. The molecule has 0 aromatic carbocycles. The lowest BCUT2D eigenvalue weighted by Gasteiger charge is -2.41. The number of nitrogens with two attached hydrogens (primary N) is 1. The molecule has 0 unspecified atom stereocenters. The molecule has 1 heterocycles. The first-order valence-electron chi connectivity index (χ1n) is 3.80. The molecule has 2 fully saturated rings. The summed E-state index contributed by atoms with van der Waals surface area (Å²) in [5, 5.41) is 3.34. The summed E-state index contributed by atoms with van der Waals surface area (Å²) >= 11 is 0. The van der Waals surface area contributed by atoms with Gasteiger partial charge in [-0.1, -0.05) is 6.42 Å². The standard InChI is InChI=1S/C7H14N2/c8-6-4-9-5-7(6)2-1-3-7/h6,9H,1-5,8H2/t6-/m0/s1. The van der Waals surface area contributed by atoms with Crippen LogP contribution in [0.25, 0.3) is 0 Å². The Hall–Kier alpha value is -0.0800. The fourth-order valence-electron chi connectivity index (χ4n) is 2.00. The minimum Gasteiger partial charge on any atom is -0.326 e. The SMILES string of the molecule is N[C@H]1CNCC12CCC2. The maximum atomic E-state index is 5.91. The Labute approximate surface area is 55.8 Å². The largest absolute Gasteiger partial charge is 0.326 e. The van der Waals surface area contributed by atoms with Crippen molar-refractivity contribution in [2.24, 2.45) is 11.1 Å². The zero-order valence-electron chi connectivity index (χ0n) is 5.69. The maximum Gasteiger partial charge on any atom is 0.0234 e. The van der Waals surface area contributed by atoms with Gasteiger partial charge in [0, 0.05) is 19.1 Å². The van der Waals surface area contributed by atoms with Crippen LogP contribution in [0.15, 0.2) is 0 Å². The van der Waals surface area contributed by atoms with Crippen LogP contribution in [0.1, 0.15) is 19.3 Å². The summed E-state index contributed by atoms with van der Waals surface area (Å²) in [6.07, 6.45) is 4.12. The van der Waals surface area contributed by atoms with E-state index in [4.69, 9.17) is 5.73 Å². The fourth-order valence-corrected chi connectivity index (χ4v) is 2.00. The molecule has 1 saturated carbocycles. The third kappa shape index (κ3) is 0.634. The molecule has 3 N–H and O–H groups in total. The first kappa shape index (κ1) is 5.69. The van der Waals surface area contributed by atoms with Gasteiger partial charge >= 0.3 is 0 Å². The van der Waals surface area contributed by atoms with Crippen molar-refractivity contribution in [1.82, 2.24) is 5.32 Å². The Balaban J connectivity index is 2.09. The molecule has 0 bridgehead atoms. The summed E-state index contributed by atoms with van der Waals surface area (Å²) in [5.41, 5.74) is 6.45. The number of nitrogens with one attached hydrogen (secondary N) is 1. The molecular formula is C7H14N2. The third-order valence-corrected chi connectivity index (χ3v) is 2.98. The smallest absolute Gasteiger partial charge is 0.0234 e. The minimum atomic E-state index is 0.450. The Morgan fingerprint density at radius 1 is 1.44 bits per heavy atom. The van der Waals surface area contributed by atoms with Crippen LogP contribution in [0.3, 0.4) is 0 Å². The Kier molecular flexibility index (Phi) is 1.08. The Bertz CT molecular complexity index is 118. The number of rotatable bonds is 0. The molecule has 0 aromatic heterocycles. The molecule has 0 aromatic rings. The first-order chi connectivity index (χ1) is 4.33. The summed E-state index contributed by atoms with van der Waals surface area (Å²) < 4.78 is 0. The fraction of sp³-hybridized carbons (Fsp3) is 1.00. The van der Waals surface area contributed by atoms with Crippen molar-refractivity contribution in [3.05, 3.63) is 0 Å². The van der Waals surface area contributed by atoms with Crippen LogP contribution in [0.2, 0.25) is 0 Å². The molecular weight excluding hydrogens is 112 g/mol. The van der Waals surface area contributed by atoms with E-state index in [-0.39, 0.29) is 0 Å². The van der Waals surface area contributed by atoms with Gasteiger partial charge < -0.3 is 11.1 Å².